The van der Waals surface area contributed by atoms with Crippen molar-refractivity contribution in [1.29, 1.82) is 0 Å². The van der Waals surface area contributed by atoms with Crippen LogP contribution in [0.15, 0.2) is 11.6 Å². The topological polar surface area (TPSA) is 83.8 Å². The summed E-state index contributed by atoms with van der Waals surface area (Å²) in [6.45, 7) is 0.385. The Hall–Kier alpha value is -1.36. The molecule has 0 spiro atoms. The molecule has 74 valence electrons. The van der Waals surface area contributed by atoms with E-state index in [-0.39, 0.29) is 5.57 Å². The van der Waals surface area contributed by atoms with Crippen molar-refractivity contribution >= 4 is 11.9 Å². The van der Waals surface area contributed by atoms with Crippen molar-refractivity contribution in [2.75, 3.05) is 13.7 Å². The van der Waals surface area contributed by atoms with Gasteiger partial charge in [0.05, 0.1) is 6.42 Å². The Morgan fingerprint density at radius 1 is 1.38 bits per heavy atom. The average molecular weight is 188 g/mol. The van der Waals surface area contributed by atoms with E-state index in [1.54, 1.807) is 0 Å². The number of hydrogen-bond acceptors (Lipinski definition) is 3. The van der Waals surface area contributed by atoms with Crippen LogP contribution in [0.1, 0.15) is 12.8 Å². The van der Waals surface area contributed by atoms with Crippen molar-refractivity contribution in [3.05, 3.63) is 11.6 Å². The monoisotopic (exact) mass is 188 g/mol. The summed E-state index contributed by atoms with van der Waals surface area (Å²) in [7, 11) is 1.49. The predicted octanol–water partition coefficient (Wildman–Crippen LogP) is 0.509. The molecule has 5 nitrogen and oxygen atoms in total. The van der Waals surface area contributed by atoms with E-state index in [1.165, 1.54) is 13.2 Å². The van der Waals surface area contributed by atoms with Gasteiger partial charge in [-0.05, 0) is 6.42 Å². The molecular weight excluding hydrogens is 176 g/mol. The van der Waals surface area contributed by atoms with E-state index < -0.39 is 18.4 Å². The van der Waals surface area contributed by atoms with Crippen LogP contribution in [0.3, 0.4) is 0 Å². The van der Waals surface area contributed by atoms with Crippen LogP contribution < -0.4 is 0 Å². The largest absolute Gasteiger partial charge is 0.481 e. The second kappa shape index (κ2) is 6.19. The molecule has 0 saturated heterocycles. The fourth-order valence-corrected chi connectivity index (χ4v) is 0.749. The minimum absolute atomic E-state index is 0.107. The fraction of sp³-hybridized carbons (Fsp3) is 0.500. The van der Waals surface area contributed by atoms with Gasteiger partial charge >= 0.3 is 11.9 Å². The molecule has 0 rings (SSSR count). The lowest BCUT2D eigenvalue weighted by molar-refractivity contribution is -0.139. The maximum Gasteiger partial charge on any atom is 0.331 e. The van der Waals surface area contributed by atoms with Crippen LogP contribution in [-0.2, 0) is 14.3 Å². The third-order valence-corrected chi connectivity index (χ3v) is 1.33. The lowest BCUT2D eigenvalue weighted by atomic mass is 10.1. The normalized spacial score (nSPS) is 11.3. The maximum absolute atomic E-state index is 10.5. The van der Waals surface area contributed by atoms with Gasteiger partial charge in [0.15, 0.2) is 0 Å². The molecule has 2 N–H and O–H groups in total. The summed E-state index contributed by atoms with van der Waals surface area (Å²) in [5.74, 6) is -2.34. The molecule has 13 heavy (non-hydrogen) atoms. The molecule has 0 heterocycles. The van der Waals surface area contributed by atoms with Crippen molar-refractivity contribution < 1.29 is 24.5 Å². The second-order valence-electron chi connectivity index (χ2n) is 2.39. The number of rotatable bonds is 6. The van der Waals surface area contributed by atoms with Gasteiger partial charge in [0.25, 0.3) is 0 Å². The number of aliphatic carboxylic acids is 2. The van der Waals surface area contributed by atoms with Gasteiger partial charge in [-0.3, -0.25) is 4.79 Å². The molecule has 0 radical (unpaired) electrons. The van der Waals surface area contributed by atoms with Crippen LogP contribution in [-0.4, -0.2) is 35.9 Å². The standard InChI is InChI=1S/C8H12O5/c1-13-4-2-3-6(8(11)12)5-7(9)10/h3H,2,4-5H2,1H3,(H,9,10)(H,11,12). The molecule has 0 aromatic carbocycles. The first-order chi connectivity index (χ1) is 6.07. The second-order valence-corrected chi connectivity index (χ2v) is 2.39. The number of carboxylic acids is 2. The van der Waals surface area contributed by atoms with Crippen molar-refractivity contribution in [3.8, 4) is 0 Å². The molecule has 5 heteroatoms. The first-order valence-corrected chi connectivity index (χ1v) is 3.71. The number of carboxylic acid groups (broad SMARTS) is 2. The summed E-state index contributed by atoms with van der Waals surface area (Å²) in [5.41, 5.74) is -0.107. The first-order valence-electron chi connectivity index (χ1n) is 3.71. The summed E-state index contributed by atoms with van der Waals surface area (Å²) < 4.78 is 4.69. The van der Waals surface area contributed by atoms with Crippen LogP contribution in [0, 0.1) is 0 Å². The molecule has 0 amide bonds. The third-order valence-electron chi connectivity index (χ3n) is 1.33. The van der Waals surface area contributed by atoms with E-state index in [4.69, 9.17) is 14.9 Å². The highest BCUT2D eigenvalue weighted by Crippen LogP contribution is 2.03. The van der Waals surface area contributed by atoms with Crippen molar-refractivity contribution in [1.82, 2.24) is 0 Å². The number of hydrogen-bond donors (Lipinski definition) is 2. The third kappa shape index (κ3) is 5.86. The molecule has 0 aromatic heterocycles. The molecule has 0 atom stereocenters. The first kappa shape index (κ1) is 11.6. The zero-order valence-electron chi connectivity index (χ0n) is 7.32. The van der Waals surface area contributed by atoms with Crippen molar-refractivity contribution in [3.63, 3.8) is 0 Å². The van der Waals surface area contributed by atoms with Crippen LogP contribution in [0.4, 0.5) is 0 Å². The molecule has 0 aliphatic rings. The predicted molar refractivity (Wildman–Crippen MR) is 44.5 cm³/mol. The molecule has 0 aliphatic heterocycles. The van der Waals surface area contributed by atoms with Gasteiger partial charge in [-0.1, -0.05) is 6.08 Å². The van der Waals surface area contributed by atoms with Crippen molar-refractivity contribution in [2.45, 2.75) is 12.8 Å². The van der Waals surface area contributed by atoms with Crippen LogP contribution in [0.25, 0.3) is 0 Å². The van der Waals surface area contributed by atoms with Gasteiger partial charge < -0.3 is 14.9 Å². The zero-order valence-corrected chi connectivity index (χ0v) is 7.32. The maximum atomic E-state index is 10.5. The SMILES string of the molecule is COCCC=C(CC(=O)O)C(=O)O. The van der Waals surface area contributed by atoms with E-state index in [0.717, 1.165) is 0 Å². The fourth-order valence-electron chi connectivity index (χ4n) is 0.749. The minimum Gasteiger partial charge on any atom is -0.481 e. The van der Waals surface area contributed by atoms with Crippen LogP contribution in [0.5, 0.6) is 0 Å². The average Bonchev–Trinajstić information content (AvgIpc) is 2.02. The number of carbonyl (C=O) groups is 2. The summed E-state index contributed by atoms with van der Waals surface area (Å²) in [6, 6.07) is 0. The Morgan fingerprint density at radius 3 is 2.38 bits per heavy atom. The minimum atomic E-state index is -1.20. The Morgan fingerprint density at radius 2 is 2.00 bits per heavy atom. The Kier molecular flexibility index (Phi) is 5.54. The summed E-state index contributed by atoms with van der Waals surface area (Å²) in [6.07, 6.45) is 1.31. The molecule has 0 aromatic rings. The number of methoxy groups -OCH3 is 1. The molecule has 0 fully saturated rings. The Labute approximate surface area is 75.6 Å². The molecule has 0 bridgehead atoms. The summed E-state index contributed by atoms with van der Waals surface area (Å²) in [5, 5.41) is 16.9. The zero-order chi connectivity index (χ0) is 10.3. The van der Waals surface area contributed by atoms with Crippen LogP contribution in [0.2, 0.25) is 0 Å². The Bertz CT molecular complexity index is 219. The van der Waals surface area contributed by atoms with E-state index in [1.807, 2.05) is 0 Å². The molecular formula is C8H12O5. The van der Waals surface area contributed by atoms with E-state index in [9.17, 15) is 9.59 Å². The molecule has 0 saturated carbocycles. The van der Waals surface area contributed by atoms with Gasteiger partial charge in [-0.2, -0.15) is 0 Å². The van der Waals surface area contributed by atoms with Gasteiger partial charge in [0.2, 0.25) is 0 Å². The van der Waals surface area contributed by atoms with E-state index >= 15 is 0 Å². The van der Waals surface area contributed by atoms with Crippen molar-refractivity contribution in [2.24, 2.45) is 0 Å². The quantitative estimate of drug-likeness (QED) is 0.468. The van der Waals surface area contributed by atoms with Crippen LogP contribution >= 0.6 is 0 Å². The molecule has 0 unspecified atom stereocenters. The van der Waals surface area contributed by atoms with Gasteiger partial charge in [-0.15, -0.1) is 0 Å². The highest BCUT2D eigenvalue weighted by atomic mass is 16.5. The van der Waals surface area contributed by atoms with E-state index in [2.05, 4.69) is 0 Å². The van der Waals surface area contributed by atoms with Gasteiger partial charge in [-0.25, -0.2) is 4.79 Å². The summed E-state index contributed by atoms with van der Waals surface area (Å²) >= 11 is 0. The smallest absolute Gasteiger partial charge is 0.331 e. The van der Waals surface area contributed by atoms with Gasteiger partial charge in [0, 0.05) is 19.3 Å². The number of ether oxygens (including phenoxy) is 1. The van der Waals surface area contributed by atoms with E-state index in [0.29, 0.717) is 13.0 Å². The summed E-state index contributed by atoms with van der Waals surface area (Å²) in [4.78, 5) is 20.7. The van der Waals surface area contributed by atoms with Gasteiger partial charge in [0.1, 0.15) is 0 Å². The molecule has 0 aliphatic carbocycles. The lowest BCUT2D eigenvalue weighted by Gasteiger charge is -1.98. The highest BCUT2D eigenvalue weighted by molar-refractivity contribution is 5.91. The highest BCUT2D eigenvalue weighted by Gasteiger charge is 2.10. The lowest BCUT2D eigenvalue weighted by Crippen LogP contribution is -2.07. The Balaban J connectivity index is 4.15.